The monoisotopic (exact) mass is 384 g/mol. The van der Waals surface area contributed by atoms with E-state index in [-0.39, 0.29) is 23.1 Å². The van der Waals surface area contributed by atoms with Gasteiger partial charge in [0, 0.05) is 11.6 Å². The highest BCUT2D eigenvalue weighted by Crippen LogP contribution is 2.32. The highest BCUT2D eigenvalue weighted by Gasteiger charge is 2.50. The Balaban J connectivity index is 1.71. The maximum Gasteiger partial charge on any atom is 0.325 e. The first-order valence-electron chi connectivity index (χ1n) is 8.47. The Kier molecular flexibility index (Phi) is 5.06. The minimum atomic E-state index is -3.59. The molecule has 1 aromatic rings. The Morgan fingerprint density at radius 1 is 1.04 bits per heavy atom. The Hall–Kier alpha value is -1.60. The molecule has 1 spiro atoms. The molecule has 3 amide bonds. The number of hydrogen-bond acceptors (Lipinski definition) is 4. The highest BCUT2D eigenvalue weighted by atomic mass is 35.5. The smallest absolute Gasteiger partial charge is 0.323 e. The van der Waals surface area contributed by atoms with E-state index >= 15 is 0 Å². The molecule has 136 valence electrons. The van der Waals surface area contributed by atoms with Gasteiger partial charge in [0.2, 0.25) is 0 Å². The zero-order valence-corrected chi connectivity index (χ0v) is 15.4. The molecule has 1 N–H and O–H groups in total. The lowest BCUT2D eigenvalue weighted by molar-refractivity contribution is -0.131. The largest absolute Gasteiger partial charge is 0.325 e. The molecule has 1 heterocycles. The average Bonchev–Trinajstić information content (AvgIpc) is 2.72. The third-order valence-corrected chi connectivity index (χ3v) is 6.92. The summed E-state index contributed by atoms with van der Waals surface area (Å²) in [7, 11) is -3.59. The van der Waals surface area contributed by atoms with Gasteiger partial charge in [0.05, 0.1) is 10.6 Å². The molecule has 2 aliphatic rings. The second-order valence-electron chi connectivity index (χ2n) is 6.66. The van der Waals surface area contributed by atoms with Crippen LogP contribution in [0.5, 0.6) is 0 Å². The van der Waals surface area contributed by atoms with Crippen molar-refractivity contribution in [1.29, 1.82) is 0 Å². The summed E-state index contributed by atoms with van der Waals surface area (Å²) in [5, 5.41) is 3.27. The molecular formula is C17H21ClN2O4S. The third kappa shape index (κ3) is 3.67. The van der Waals surface area contributed by atoms with Gasteiger partial charge in [-0.1, -0.05) is 37.3 Å². The van der Waals surface area contributed by atoms with Crippen molar-refractivity contribution in [3.05, 3.63) is 29.3 Å². The van der Waals surface area contributed by atoms with Gasteiger partial charge in [-0.2, -0.15) is 0 Å². The molecule has 0 aromatic heterocycles. The van der Waals surface area contributed by atoms with E-state index in [1.807, 2.05) is 0 Å². The number of nitrogens with one attached hydrogen (secondary N) is 1. The lowest BCUT2D eigenvalue weighted by Gasteiger charge is -2.24. The molecule has 0 unspecified atom stereocenters. The topological polar surface area (TPSA) is 83.6 Å². The van der Waals surface area contributed by atoms with Gasteiger partial charge in [-0.05, 0) is 37.1 Å². The number of nitrogens with zero attached hydrogens (tertiary/aromatic N) is 1. The van der Waals surface area contributed by atoms with Crippen LogP contribution in [0.2, 0.25) is 5.02 Å². The van der Waals surface area contributed by atoms with Crippen molar-refractivity contribution in [1.82, 2.24) is 10.2 Å². The van der Waals surface area contributed by atoms with Crippen LogP contribution >= 0.6 is 11.6 Å². The number of sulfone groups is 1. The average molecular weight is 385 g/mol. The molecule has 1 aliphatic carbocycles. The van der Waals surface area contributed by atoms with Gasteiger partial charge in [0.1, 0.15) is 5.54 Å². The summed E-state index contributed by atoms with van der Waals surface area (Å²) in [5.41, 5.74) is -0.836. The molecule has 0 bridgehead atoms. The van der Waals surface area contributed by atoms with Gasteiger partial charge >= 0.3 is 6.03 Å². The molecule has 2 fully saturated rings. The summed E-state index contributed by atoms with van der Waals surface area (Å²) in [6.07, 6.45) is 5.13. The van der Waals surface area contributed by atoms with Gasteiger partial charge in [-0.3, -0.25) is 9.69 Å². The first-order valence-corrected chi connectivity index (χ1v) is 10.5. The minimum absolute atomic E-state index is 0.133. The Labute approximate surface area is 152 Å². The van der Waals surface area contributed by atoms with Crippen molar-refractivity contribution in [2.75, 3.05) is 12.3 Å². The van der Waals surface area contributed by atoms with Crippen LogP contribution in [-0.4, -0.2) is 43.1 Å². The van der Waals surface area contributed by atoms with E-state index in [0.717, 1.165) is 30.6 Å². The molecule has 8 heteroatoms. The van der Waals surface area contributed by atoms with Crippen molar-refractivity contribution in [3.63, 3.8) is 0 Å². The zero-order chi connectivity index (χ0) is 18.1. The molecule has 0 radical (unpaired) electrons. The normalized spacial score (nSPS) is 20.6. The SMILES string of the molecule is O=C1NC2(CCCCCC2)C(=O)N1CCS(=O)(=O)c1ccc(Cl)cc1. The van der Waals surface area contributed by atoms with Crippen LogP contribution in [0.1, 0.15) is 38.5 Å². The van der Waals surface area contributed by atoms with Crippen molar-refractivity contribution in [2.24, 2.45) is 0 Å². The molecule has 6 nitrogen and oxygen atoms in total. The standard InChI is InChI=1S/C17H21ClN2O4S/c18-13-5-7-14(8-6-13)25(23,24)12-11-20-15(21)17(19-16(20)22)9-3-1-2-4-10-17/h5-8H,1-4,9-12H2,(H,19,22). The molecule has 1 saturated heterocycles. The van der Waals surface area contributed by atoms with E-state index in [1.165, 1.54) is 24.3 Å². The Morgan fingerprint density at radius 2 is 1.64 bits per heavy atom. The predicted molar refractivity (Wildman–Crippen MR) is 94.2 cm³/mol. The van der Waals surface area contributed by atoms with Crippen molar-refractivity contribution >= 4 is 33.4 Å². The third-order valence-electron chi connectivity index (χ3n) is 4.96. The molecule has 25 heavy (non-hydrogen) atoms. The van der Waals surface area contributed by atoms with Crippen molar-refractivity contribution < 1.29 is 18.0 Å². The first-order chi connectivity index (χ1) is 11.8. The summed E-state index contributed by atoms with van der Waals surface area (Å²) in [6, 6.07) is 5.37. The number of halogens is 1. The Bertz CT molecular complexity index is 768. The van der Waals surface area contributed by atoms with Gasteiger partial charge in [-0.15, -0.1) is 0 Å². The summed E-state index contributed by atoms with van der Waals surface area (Å²) in [4.78, 5) is 26.2. The molecule has 0 atom stereocenters. The lowest BCUT2D eigenvalue weighted by Crippen LogP contribution is -2.46. The highest BCUT2D eigenvalue weighted by molar-refractivity contribution is 7.91. The second kappa shape index (κ2) is 6.96. The number of benzene rings is 1. The van der Waals surface area contributed by atoms with Gasteiger partial charge in [-0.25, -0.2) is 13.2 Å². The first kappa shape index (κ1) is 18.2. The van der Waals surface area contributed by atoms with E-state index in [1.54, 1.807) is 0 Å². The number of hydrogen-bond donors (Lipinski definition) is 1. The number of imide groups is 1. The molecule has 3 rings (SSSR count). The van der Waals surface area contributed by atoms with Crippen LogP contribution in [0.4, 0.5) is 4.79 Å². The van der Waals surface area contributed by atoms with Crippen LogP contribution in [0.15, 0.2) is 29.2 Å². The van der Waals surface area contributed by atoms with Crippen LogP contribution in [-0.2, 0) is 14.6 Å². The fourth-order valence-electron chi connectivity index (χ4n) is 3.52. The number of amides is 3. The van der Waals surface area contributed by atoms with E-state index in [2.05, 4.69) is 5.32 Å². The molecule has 1 saturated carbocycles. The van der Waals surface area contributed by atoms with Crippen LogP contribution in [0, 0.1) is 0 Å². The van der Waals surface area contributed by atoms with Crippen LogP contribution in [0.3, 0.4) is 0 Å². The summed E-state index contributed by atoms with van der Waals surface area (Å²) < 4.78 is 24.8. The summed E-state index contributed by atoms with van der Waals surface area (Å²) >= 11 is 5.78. The number of urea groups is 1. The quantitative estimate of drug-likeness (QED) is 0.809. The summed E-state index contributed by atoms with van der Waals surface area (Å²) in [5.74, 6) is -0.588. The number of carbonyl (C=O) groups is 2. The molecular weight excluding hydrogens is 364 g/mol. The van der Waals surface area contributed by atoms with Crippen molar-refractivity contribution in [3.8, 4) is 0 Å². The summed E-state index contributed by atoms with van der Waals surface area (Å²) in [6.45, 7) is -0.141. The molecule has 1 aliphatic heterocycles. The number of rotatable bonds is 4. The van der Waals surface area contributed by atoms with E-state index < -0.39 is 21.4 Å². The maximum absolute atomic E-state index is 12.8. The Morgan fingerprint density at radius 3 is 2.24 bits per heavy atom. The second-order valence-corrected chi connectivity index (χ2v) is 9.20. The minimum Gasteiger partial charge on any atom is -0.323 e. The molecule has 1 aromatic carbocycles. The van der Waals surface area contributed by atoms with Gasteiger partial charge in [0.25, 0.3) is 5.91 Å². The van der Waals surface area contributed by atoms with E-state index in [0.29, 0.717) is 17.9 Å². The van der Waals surface area contributed by atoms with Gasteiger partial charge < -0.3 is 5.32 Å². The van der Waals surface area contributed by atoms with Crippen molar-refractivity contribution in [2.45, 2.75) is 49.0 Å². The van der Waals surface area contributed by atoms with Crippen LogP contribution < -0.4 is 5.32 Å². The lowest BCUT2D eigenvalue weighted by atomic mass is 9.90. The fourth-order valence-corrected chi connectivity index (χ4v) is 4.86. The number of carbonyl (C=O) groups excluding carboxylic acids is 2. The maximum atomic E-state index is 12.8. The zero-order valence-electron chi connectivity index (χ0n) is 13.8. The van der Waals surface area contributed by atoms with E-state index in [9.17, 15) is 18.0 Å². The fraction of sp³-hybridized carbons (Fsp3) is 0.529. The predicted octanol–water partition coefficient (Wildman–Crippen LogP) is 2.76. The van der Waals surface area contributed by atoms with Gasteiger partial charge in [0.15, 0.2) is 9.84 Å². The van der Waals surface area contributed by atoms with E-state index in [4.69, 9.17) is 11.6 Å². The van der Waals surface area contributed by atoms with Crippen LogP contribution in [0.25, 0.3) is 0 Å².